The summed E-state index contributed by atoms with van der Waals surface area (Å²) >= 11 is 0. The smallest absolute Gasteiger partial charge is 0.416 e. The van der Waals surface area contributed by atoms with Crippen LogP contribution < -0.4 is 15.5 Å². The molecule has 2 aliphatic heterocycles. The zero-order chi connectivity index (χ0) is 20.1. The summed E-state index contributed by atoms with van der Waals surface area (Å²) in [5, 5.41) is 15.5. The lowest BCUT2D eigenvalue weighted by Crippen LogP contribution is -2.51. The van der Waals surface area contributed by atoms with Gasteiger partial charge in [-0.3, -0.25) is 15.5 Å². The number of amides is 1. The molecule has 1 fully saturated rings. The number of aliphatic hydroxyl groups is 1. The Morgan fingerprint density at radius 1 is 1.36 bits per heavy atom. The molecule has 1 aromatic carbocycles. The molecule has 0 bridgehead atoms. The van der Waals surface area contributed by atoms with Gasteiger partial charge in [-0.2, -0.15) is 18.3 Å². The van der Waals surface area contributed by atoms with E-state index >= 15 is 0 Å². The van der Waals surface area contributed by atoms with E-state index in [1.807, 2.05) is 0 Å². The molecule has 10 heteroatoms. The average Bonchev–Trinajstić information content (AvgIpc) is 3.14. The van der Waals surface area contributed by atoms with E-state index in [1.165, 1.54) is 0 Å². The van der Waals surface area contributed by atoms with Crippen LogP contribution in [0.3, 0.4) is 0 Å². The number of nitrogens with one attached hydrogen (secondary N) is 2. The SMILES string of the molecule is O=C(COc1ccc(CO)cc1)N1CCC(NC2NN=CC=C2C(F)(F)F)C1. The van der Waals surface area contributed by atoms with E-state index in [4.69, 9.17) is 9.84 Å². The maximum absolute atomic E-state index is 13.1. The predicted molar refractivity (Wildman–Crippen MR) is 95.5 cm³/mol. The Morgan fingerprint density at radius 3 is 2.79 bits per heavy atom. The van der Waals surface area contributed by atoms with Crippen LogP contribution in [0.15, 0.2) is 41.0 Å². The minimum absolute atomic E-state index is 0.0756. The van der Waals surface area contributed by atoms with Gasteiger partial charge in [-0.05, 0) is 30.2 Å². The number of hydrazone groups is 1. The second-order valence-electron chi connectivity index (χ2n) is 6.54. The first-order chi connectivity index (χ1) is 13.4. The highest BCUT2D eigenvalue weighted by molar-refractivity contribution is 5.78. The number of rotatable bonds is 6. The number of carbonyl (C=O) groups is 1. The van der Waals surface area contributed by atoms with Gasteiger partial charge in [0.1, 0.15) is 11.9 Å². The highest BCUT2D eigenvalue weighted by Crippen LogP contribution is 2.28. The fraction of sp³-hybridized carbons (Fsp3) is 0.444. The van der Waals surface area contributed by atoms with Gasteiger partial charge in [-0.25, -0.2) is 0 Å². The Balaban J connectivity index is 1.48. The average molecular weight is 398 g/mol. The summed E-state index contributed by atoms with van der Waals surface area (Å²) in [6.07, 6.45) is -3.08. The van der Waals surface area contributed by atoms with E-state index in [9.17, 15) is 18.0 Å². The number of halogens is 3. The van der Waals surface area contributed by atoms with Gasteiger partial charge in [0.2, 0.25) is 0 Å². The summed E-state index contributed by atoms with van der Waals surface area (Å²) in [7, 11) is 0. The summed E-state index contributed by atoms with van der Waals surface area (Å²) in [6.45, 7) is 0.488. The number of benzene rings is 1. The minimum Gasteiger partial charge on any atom is -0.484 e. The van der Waals surface area contributed by atoms with Gasteiger partial charge in [-0.1, -0.05) is 12.1 Å². The summed E-state index contributed by atoms with van der Waals surface area (Å²) in [5.74, 6) is 0.264. The van der Waals surface area contributed by atoms with Crippen molar-refractivity contribution < 1.29 is 27.8 Å². The number of likely N-dealkylation sites (tertiary alicyclic amines) is 1. The summed E-state index contributed by atoms with van der Waals surface area (Å²) in [5.41, 5.74) is 2.41. The van der Waals surface area contributed by atoms with Gasteiger partial charge in [0.15, 0.2) is 6.61 Å². The number of hydrogen-bond acceptors (Lipinski definition) is 6. The molecule has 28 heavy (non-hydrogen) atoms. The van der Waals surface area contributed by atoms with Crippen LogP contribution in [0.1, 0.15) is 12.0 Å². The van der Waals surface area contributed by atoms with Gasteiger partial charge in [0, 0.05) is 25.3 Å². The molecule has 0 aliphatic carbocycles. The lowest BCUT2D eigenvalue weighted by Gasteiger charge is -2.28. The second kappa shape index (κ2) is 8.61. The van der Waals surface area contributed by atoms with Crippen molar-refractivity contribution in [2.45, 2.75) is 31.4 Å². The molecule has 2 heterocycles. The van der Waals surface area contributed by atoms with E-state index < -0.39 is 17.9 Å². The number of allylic oxidation sites excluding steroid dienone is 1. The third-order valence-corrected chi connectivity index (χ3v) is 4.58. The van der Waals surface area contributed by atoms with Crippen LogP contribution in [0.2, 0.25) is 0 Å². The lowest BCUT2D eigenvalue weighted by molar-refractivity contribution is -0.132. The Morgan fingerprint density at radius 2 is 2.11 bits per heavy atom. The molecule has 152 valence electrons. The molecule has 3 N–H and O–H groups in total. The minimum atomic E-state index is -4.47. The highest BCUT2D eigenvalue weighted by Gasteiger charge is 2.41. The fourth-order valence-corrected chi connectivity index (χ4v) is 3.07. The van der Waals surface area contributed by atoms with Crippen LogP contribution in [-0.4, -0.2) is 60.2 Å². The molecule has 0 spiro atoms. The van der Waals surface area contributed by atoms with Crippen molar-refractivity contribution in [2.75, 3.05) is 19.7 Å². The monoisotopic (exact) mass is 398 g/mol. The number of hydrogen-bond donors (Lipinski definition) is 3. The van der Waals surface area contributed by atoms with Crippen LogP contribution in [0.25, 0.3) is 0 Å². The number of nitrogens with zero attached hydrogens (tertiary/aromatic N) is 2. The second-order valence-corrected chi connectivity index (χ2v) is 6.54. The summed E-state index contributed by atoms with van der Waals surface area (Å²) in [6, 6.07) is 6.42. The van der Waals surface area contributed by atoms with Crippen molar-refractivity contribution in [1.82, 2.24) is 15.6 Å². The first-order valence-corrected chi connectivity index (χ1v) is 8.79. The first-order valence-electron chi connectivity index (χ1n) is 8.79. The maximum atomic E-state index is 13.1. The van der Waals surface area contributed by atoms with E-state index in [2.05, 4.69) is 15.8 Å². The van der Waals surface area contributed by atoms with Gasteiger partial charge in [0.25, 0.3) is 5.91 Å². The molecule has 0 aromatic heterocycles. The molecule has 3 rings (SSSR count). The van der Waals surface area contributed by atoms with Crippen LogP contribution >= 0.6 is 0 Å². The summed E-state index contributed by atoms with van der Waals surface area (Å²) in [4.78, 5) is 13.9. The third kappa shape index (κ3) is 5.02. The molecule has 1 saturated heterocycles. The van der Waals surface area contributed by atoms with Crippen LogP contribution in [0, 0.1) is 0 Å². The van der Waals surface area contributed by atoms with Gasteiger partial charge in [-0.15, -0.1) is 0 Å². The Bertz CT molecular complexity index is 749. The van der Waals surface area contributed by atoms with Crippen molar-refractivity contribution >= 4 is 12.1 Å². The van der Waals surface area contributed by atoms with E-state index in [1.54, 1.807) is 29.2 Å². The van der Waals surface area contributed by atoms with Crippen LogP contribution in [0.4, 0.5) is 13.2 Å². The van der Waals surface area contributed by atoms with Crippen LogP contribution in [-0.2, 0) is 11.4 Å². The number of ether oxygens (including phenoxy) is 1. The topological polar surface area (TPSA) is 86.2 Å². The maximum Gasteiger partial charge on any atom is 0.416 e. The van der Waals surface area contributed by atoms with Gasteiger partial charge in [0.05, 0.1) is 12.2 Å². The number of alkyl halides is 3. The van der Waals surface area contributed by atoms with Crippen molar-refractivity contribution in [1.29, 1.82) is 0 Å². The van der Waals surface area contributed by atoms with E-state index in [0.29, 0.717) is 25.3 Å². The quantitative estimate of drug-likeness (QED) is 0.670. The Hall–Kier alpha value is -2.59. The zero-order valence-corrected chi connectivity index (χ0v) is 14.9. The lowest BCUT2D eigenvalue weighted by atomic mass is 10.1. The molecular formula is C18H21F3N4O3. The Kier molecular flexibility index (Phi) is 6.20. The molecule has 1 amide bonds. The number of aliphatic hydroxyl groups excluding tert-OH is 1. The molecule has 0 radical (unpaired) electrons. The van der Waals surface area contributed by atoms with Gasteiger partial charge < -0.3 is 14.7 Å². The van der Waals surface area contributed by atoms with Gasteiger partial charge >= 0.3 is 6.18 Å². The van der Waals surface area contributed by atoms with Crippen molar-refractivity contribution in [3.63, 3.8) is 0 Å². The molecular weight excluding hydrogens is 377 g/mol. The van der Waals surface area contributed by atoms with Crippen molar-refractivity contribution in [3.05, 3.63) is 41.5 Å². The Labute approximate surface area is 159 Å². The van der Waals surface area contributed by atoms with Crippen LogP contribution in [0.5, 0.6) is 5.75 Å². The van der Waals surface area contributed by atoms with Crippen molar-refractivity contribution in [3.8, 4) is 5.75 Å². The number of carbonyl (C=O) groups excluding carboxylic acids is 1. The fourth-order valence-electron chi connectivity index (χ4n) is 3.07. The normalized spacial score (nSPS) is 22.0. The summed E-state index contributed by atoms with van der Waals surface area (Å²) < 4.78 is 44.7. The van der Waals surface area contributed by atoms with E-state index in [0.717, 1.165) is 17.9 Å². The standard InChI is InChI=1S/C18H21F3N4O3/c19-18(20,21)15-5-7-22-24-17(15)23-13-6-8-25(9-13)16(27)11-28-14-3-1-12(10-26)2-4-14/h1-5,7,13,17,23-24,26H,6,8-11H2. The van der Waals surface area contributed by atoms with E-state index in [-0.39, 0.29) is 25.2 Å². The molecule has 1 aromatic rings. The third-order valence-electron chi connectivity index (χ3n) is 4.58. The largest absolute Gasteiger partial charge is 0.484 e. The molecule has 2 atom stereocenters. The molecule has 2 unspecified atom stereocenters. The first kappa shape index (κ1) is 20.2. The predicted octanol–water partition coefficient (Wildman–Crippen LogP) is 1.15. The molecule has 0 saturated carbocycles. The molecule has 7 nitrogen and oxygen atoms in total. The van der Waals surface area contributed by atoms with Crippen molar-refractivity contribution in [2.24, 2.45) is 5.10 Å². The molecule has 2 aliphatic rings. The highest BCUT2D eigenvalue weighted by atomic mass is 19.4. The zero-order valence-electron chi connectivity index (χ0n) is 14.9.